The Morgan fingerprint density at radius 1 is 1.44 bits per heavy atom. The largest absolute Gasteiger partial charge is 0.508 e. The molecule has 0 aliphatic carbocycles. The third-order valence-corrected chi connectivity index (χ3v) is 3.11. The first kappa shape index (κ1) is 11.3. The summed E-state index contributed by atoms with van der Waals surface area (Å²) in [5, 5.41) is 9.39. The molecule has 0 saturated heterocycles. The van der Waals surface area contributed by atoms with Gasteiger partial charge in [-0.1, -0.05) is 13.8 Å². The number of hydrogen-bond acceptors (Lipinski definition) is 3. The van der Waals surface area contributed by atoms with Crippen LogP contribution in [-0.2, 0) is 0 Å². The van der Waals surface area contributed by atoms with Crippen LogP contribution < -0.4 is 4.74 Å². The molecule has 3 nitrogen and oxygen atoms in total. The number of rotatable bonds is 4. The van der Waals surface area contributed by atoms with Gasteiger partial charge in [0.2, 0.25) is 0 Å². The monoisotopic (exact) mass is 221 g/mol. The summed E-state index contributed by atoms with van der Waals surface area (Å²) in [6.45, 7) is 7.18. The first-order valence-electron chi connectivity index (χ1n) is 5.96. The summed E-state index contributed by atoms with van der Waals surface area (Å²) in [5.74, 6) is 1.11. The average molecular weight is 221 g/mol. The molecule has 0 spiro atoms. The lowest BCUT2D eigenvalue weighted by Gasteiger charge is -2.25. The van der Waals surface area contributed by atoms with Crippen LogP contribution >= 0.6 is 0 Å². The lowest BCUT2D eigenvalue weighted by molar-refractivity contribution is 0.170. The van der Waals surface area contributed by atoms with E-state index in [1.165, 1.54) is 5.56 Å². The second-order valence-electron chi connectivity index (χ2n) is 4.18. The number of fused-ring (bicyclic) bond motifs is 1. The van der Waals surface area contributed by atoms with E-state index in [9.17, 15) is 5.11 Å². The summed E-state index contributed by atoms with van der Waals surface area (Å²) in [6, 6.07) is 5.76. The summed E-state index contributed by atoms with van der Waals surface area (Å²) < 4.78 is 5.62. The number of aromatic hydroxyl groups is 1. The van der Waals surface area contributed by atoms with Crippen molar-refractivity contribution in [2.45, 2.75) is 26.3 Å². The predicted octanol–water partition coefficient (Wildman–Crippen LogP) is 2.56. The van der Waals surface area contributed by atoms with E-state index in [4.69, 9.17) is 4.74 Å². The Labute approximate surface area is 96.6 Å². The first-order chi connectivity index (χ1) is 7.76. The Balaban J connectivity index is 2.22. The van der Waals surface area contributed by atoms with E-state index in [1.807, 2.05) is 6.07 Å². The van der Waals surface area contributed by atoms with Crippen molar-refractivity contribution in [3.05, 3.63) is 23.8 Å². The zero-order valence-corrected chi connectivity index (χ0v) is 9.94. The quantitative estimate of drug-likeness (QED) is 0.848. The second-order valence-corrected chi connectivity index (χ2v) is 4.18. The topological polar surface area (TPSA) is 32.7 Å². The molecule has 1 unspecified atom stereocenters. The van der Waals surface area contributed by atoms with Gasteiger partial charge in [-0.05, 0) is 31.6 Å². The molecule has 88 valence electrons. The van der Waals surface area contributed by atoms with Crippen molar-refractivity contribution < 1.29 is 9.84 Å². The first-order valence-corrected chi connectivity index (χ1v) is 5.96. The molecule has 1 heterocycles. The van der Waals surface area contributed by atoms with Gasteiger partial charge in [0.05, 0.1) is 6.04 Å². The van der Waals surface area contributed by atoms with Gasteiger partial charge in [0, 0.05) is 11.6 Å². The minimum atomic E-state index is 0.276. The van der Waals surface area contributed by atoms with Crippen molar-refractivity contribution in [3.8, 4) is 11.5 Å². The van der Waals surface area contributed by atoms with Crippen molar-refractivity contribution in [2.75, 3.05) is 19.7 Å². The third kappa shape index (κ3) is 2.00. The van der Waals surface area contributed by atoms with Crippen LogP contribution in [-0.4, -0.2) is 29.7 Å². The van der Waals surface area contributed by atoms with Gasteiger partial charge >= 0.3 is 0 Å². The minimum Gasteiger partial charge on any atom is -0.508 e. The molecule has 0 radical (unpaired) electrons. The number of phenols is 1. The Hall–Kier alpha value is -1.22. The standard InChI is InChI=1S/C13H19NO2/c1-3-7-14(4-2)12-9-16-13-8-10(15)5-6-11(12)13/h5-6,8,12,15H,3-4,7,9H2,1-2H3. The van der Waals surface area contributed by atoms with Crippen molar-refractivity contribution in [1.82, 2.24) is 4.90 Å². The van der Waals surface area contributed by atoms with E-state index in [1.54, 1.807) is 12.1 Å². The molecule has 1 aliphatic rings. The third-order valence-electron chi connectivity index (χ3n) is 3.11. The van der Waals surface area contributed by atoms with Crippen molar-refractivity contribution >= 4 is 0 Å². The number of phenolic OH excluding ortho intramolecular Hbond substituents is 1. The lowest BCUT2D eigenvalue weighted by atomic mass is 10.1. The average Bonchev–Trinajstić information content (AvgIpc) is 2.68. The SMILES string of the molecule is CCCN(CC)C1COc2cc(O)ccc21. The van der Waals surface area contributed by atoms with E-state index in [2.05, 4.69) is 18.7 Å². The molecule has 3 heteroatoms. The van der Waals surface area contributed by atoms with E-state index < -0.39 is 0 Å². The van der Waals surface area contributed by atoms with Crippen LogP contribution in [0, 0.1) is 0 Å². The fourth-order valence-electron chi connectivity index (χ4n) is 2.31. The molecule has 1 aromatic carbocycles. The second kappa shape index (κ2) is 4.74. The number of likely N-dealkylation sites (N-methyl/N-ethyl adjacent to an activating group) is 1. The summed E-state index contributed by atoms with van der Waals surface area (Å²) in [5.41, 5.74) is 1.20. The van der Waals surface area contributed by atoms with Crippen molar-refractivity contribution in [3.63, 3.8) is 0 Å². The summed E-state index contributed by atoms with van der Waals surface area (Å²) in [6.07, 6.45) is 1.15. The van der Waals surface area contributed by atoms with Gasteiger partial charge in [0.25, 0.3) is 0 Å². The molecule has 0 amide bonds. The normalized spacial score (nSPS) is 18.6. The van der Waals surface area contributed by atoms with Crippen LogP contribution in [0.15, 0.2) is 18.2 Å². The number of ether oxygens (including phenoxy) is 1. The Morgan fingerprint density at radius 3 is 2.94 bits per heavy atom. The van der Waals surface area contributed by atoms with E-state index in [-0.39, 0.29) is 5.75 Å². The maximum Gasteiger partial charge on any atom is 0.127 e. The maximum absolute atomic E-state index is 9.39. The van der Waals surface area contributed by atoms with Crippen LogP contribution in [0.25, 0.3) is 0 Å². The van der Waals surface area contributed by atoms with Crippen LogP contribution in [0.1, 0.15) is 31.9 Å². The van der Waals surface area contributed by atoms with Crippen LogP contribution in [0.5, 0.6) is 11.5 Å². The molecule has 1 atom stereocenters. The lowest BCUT2D eigenvalue weighted by Crippen LogP contribution is -2.30. The number of hydrogen-bond donors (Lipinski definition) is 1. The molecular weight excluding hydrogens is 202 g/mol. The van der Waals surface area contributed by atoms with Gasteiger partial charge in [-0.25, -0.2) is 0 Å². The van der Waals surface area contributed by atoms with Gasteiger partial charge in [-0.15, -0.1) is 0 Å². The highest BCUT2D eigenvalue weighted by molar-refractivity contribution is 5.44. The number of nitrogens with zero attached hydrogens (tertiary/aromatic N) is 1. The molecule has 16 heavy (non-hydrogen) atoms. The van der Waals surface area contributed by atoms with E-state index >= 15 is 0 Å². The highest BCUT2D eigenvalue weighted by Crippen LogP contribution is 2.37. The highest BCUT2D eigenvalue weighted by atomic mass is 16.5. The number of benzene rings is 1. The van der Waals surface area contributed by atoms with E-state index in [0.717, 1.165) is 25.3 Å². The molecule has 0 saturated carbocycles. The maximum atomic E-state index is 9.39. The molecule has 1 N–H and O–H groups in total. The summed E-state index contributed by atoms with van der Waals surface area (Å²) >= 11 is 0. The Bertz CT molecular complexity index is 365. The fraction of sp³-hybridized carbons (Fsp3) is 0.538. The molecule has 2 rings (SSSR count). The molecule has 0 bridgehead atoms. The summed E-state index contributed by atoms with van der Waals surface area (Å²) in [7, 11) is 0. The summed E-state index contributed by atoms with van der Waals surface area (Å²) in [4.78, 5) is 2.42. The predicted molar refractivity (Wildman–Crippen MR) is 63.9 cm³/mol. The van der Waals surface area contributed by atoms with Gasteiger partial charge in [-0.3, -0.25) is 4.90 Å². The molecule has 1 aliphatic heterocycles. The zero-order valence-electron chi connectivity index (χ0n) is 9.94. The smallest absolute Gasteiger partial charge is 0.127 e. The molecular formula is C13H19NO2. The highest BCUT2D eigenvalue weighted by Gasteiger charge is 2.28. The zero-order chi connectivity index (χ0) is 11.5. The van der Waals surface area contributed by atoms with Crippen LogP contribution in [0.3, 0.4) is 0 Å². The Kier molecular flexibility index (Phi) is 3.34. The fourth-order valence-corrected chi connectivity index (χ4v) is 2.31. The molecule has 0 fully saturated rings. The van der Waals surface area contributed by atoms with E-state index in [0.29, 0.717) is 12.6 Å². The minimum absolute atomic E-state index is 0.276. The van der Waals surface area contributed by atoms with Crippen molar-refractivity contribution in [2.24, 2.45) is 0 Å². The van der Waals surface area contributed by atoms with Crippen LogP contribution in [0.2, 0.25) is 0 Å². The van der Waals surface area contributed by atoms with Crippen molar-refractivity contribution in [1.29, 1.82) is 0 Å². The molecule has 0 aromatic heterocycles. The van der Waals surface area contributed by atoms with Crippen LogP contribution in [0.4, 0.5) is 0 Å². The van der Waals surface area contributed by atoms with Gasteiger partial charge < -0.3 is 9.84 Å². The van der Waals surface area contributed by atoms with Gasteiger partial charge in [0.1, 0.15) is 18.1 Å². The van der Waals surface area contributed by atoms with Gasteiger partial charge in [0.15, 0.2) is 0 Å². The van der Waals surface area contributed by atoms with Gasteiger partial charge in [-0.2, -0.15) is 0 Å². The Morgan fingerprint density at radius 2 is 2.25 bits per heavy atom. The molecule has 1 aromatic rings.